The van der Waals surface area contributed by atoms with Gasteiger partial charge in [0.15, 0.2) is 5.69 Å². The van der Waals surface area contributed by atoms with Gasteiger partial charge >= 0.3 is 6.09 Å². The van der Waals surface area contributed by atoms with Crippen LogP contribution >= 0.6 is 23.4 Å². The zero-order valence-electron chi connectivity index (χ0n) is 23.0. The Morgan fingerprint density at radius 1 is 1.02 bits per heavy atom. The van der Waals surface area contributed by atoms with Crippen LogP contribution in [0.5, 0.6) is 5.75 Å². The Labute approximate surface area is 242 Å². The van der Waals surface area contributed by atoms with E-state index in [4.69, 9.17) is 21.1 Å². The third kappa shape index (κ3) is 9.42. The predicted octanol–water partition coefficient (Wildman–Crippen LogP) is 5.96. The monoisotopic (exact) mass is 585 g/mol. The molecule has 0 unspecified atom stereocenters. The van der Waals surface area contributed by atoms with Crippen LogP contribution in [0.1, 0.15) is 53.7 Å². The van der Waals surface area contributed by atoms with Gasteiger partial charge in [-0.15, -0.1) is 11.8 Å². The highest BCUT2D eigenvalue weighted by molar-refractivity contribution is 7.98. The van der Waals surface area contributed by atoms with Gasteiger partial charge in [-0.05, 0) is 82.8 Å². The summed E-state index contributed by atoms with van der Waals surface area (Å²) in [5, 5.41) is 8.56. The van der Waals surface area contributed by atoms with E-state index in [0.29, 0.717) is 35.2 Å². The Bertz CT molecular complexity index is 1360. The number of amides is 3. The van der Waals surface area contributed by atoms with Crippen molar-refractivity contribution in [2.24, 2.45) is 0 Å². The molecule has 0 atom stereocenters. The number of nitrogens with zero attached hydrogens (tertiary/aromatic N) is 2. The lowest BCUT2D eigenvalue weighted by Gasteiger charge is -2.19. The Hall–Kier alpha value is -3.83. The van der Waals surface area contributed by atoms with Gasteiger partial charge in [0.25, 0.3) is 11.8 Å². The number of aryl methyl sites for hydroxylation is 1. The maximum Gasteiger partial charge on any atom is 0.407 e. The normalized spacial score (nSPS) is 10.9. The maximum atomic E-state index is 13.3. The Morgan fingerprint density at radius 3 is 2.48 bits per heavy atom. The highest BCUT2D eigenvalue weighted by atomic mass is 35.5. The molecule has 212 valence electrons. The molecule has 0 aliphatic rings. The predicted molar refractivity (Wildman–Crippen MR) is 157 cm³/mol. The van der Waals surface area contributed by atoms with Gasteiger partial charge < -0.3 is 25.4 Å². The molecule has 0 bridgehead atoms. The van der Waals surface area contributed by atoms with Gasteiger partial charge in [-0.25, -0.2) is 14.8 Å². The van der Waals surface area contributed by atoms with Gasteiger partial charge in [-0.2, -0.15) is 0 Å². The molecule has 3 amide bonds. The number of nitrogens with one attached hydrogen (secondary N) is 3. The van der Waals surface area contributed by atoms with Crippen LogP contribution in [-0.4, -0.2) is 52.9 Å². The number of thioether (sulfide) groups is 1. The first-order chi connectivity index (χ1) is 18.9. The summed E-state index contributed by atoms with van der Waals surface area (Å²) in [5.41, 5.74) is 0.552. The molecule has 1 aromatic carbocycles. The summed E-state index contributed by atoms with van der Waals surface area (Å²) < 4.78 is 11.1. The molecule has 0 radical (unpaired) electrons. The van der Waals surface area contributed by atoms with Crippen molar-refractivity contribution in [3.05, 3.63) is 70.6 Å². The van der Waals surface area contributed by atoms with Crippen LogP contribution in [0.25, 0.3) is 0 Å². The van der Waals surface area contributed by atoms with Crippen LogP contribution in [-0.2, 0) is 4.74 Å². The zero-order valence-corrected chi connectivity index (χ0v) is 24.5. The first-order valence-electron chi connectivity index (χ1n) is 12.4. The van der Waals surface area contributed by atoms with Gasteiger partial charge in [0.05, 0.1) is 22.9 Å². The third-order valence-electron chi connectivity index (χ3n) is 5.15. The molecule has 2 heterocycles. The van der Waals surface area contributed by atoms with E-state index >= 15 is 0 Å². The molecular formula is C28H32ClN5O5S. The van der Waals surface area contributed by atoms with Crippen LogP contribution in [0, 0.1) is 6.92 Å². The zero-order chi connectivity index (χ0) is 29.3. The van der Waals surface area contributed by atoms with Crippen LogP contribution in [0.2, 0.25) is 5.02 Å². The van der Waals surface area contributed by atoms with E-state index in [1.165, 1.54) is 18.0 Å². The summed E-state index contributed by atoms with van der Waals surface area (Å²) in [5.74, 6) is -0.350. The molecule has 0 fully saturated rings. The highest BCUT2D eigenvalue weighted by Gasteiger charge is 2.20. The smallest absolute Gasteiger partial charge is 0.407 e. The first kappa shape index (κ1) is 30.7. The van der Waals surface area contributed by atoms with Crippen molar-refractivity contribution in [2.75, 3.05) is 30.0 Å². The topological polar surface area (TPSA) is 132 Å². The lowest BCUT2D eigenvalue weighted by atomic mass is 10.1. The van der Waals surface area contributed by atoms with Crippen molar-refractivity contribution in [1.29, 1.82) is 0 Å². The fraction of sp³-hybridized carbons (Fsp3) is 0.321. The number of hydrogen-bond acceptors (Lipinski definition) is 8. The maximum absolute atomic E-state index is 13.3. The van der Waals surface area contributed by atoms with Crippen molar-refractivity contribution in [1.82, 2.24) is 15.3 Å². The molecule has 12 heteroatoms. The van der Waals surface area contributed by atoms with E-state index in [0.717, 1.165) is 4.90 Å². The number of carbonyl (C=O) groups is 3. The number of rotatable bonds is 10. The first-order valence-corrected chi connectivity index (χ1v) is 14.0. The SMILES string of the molecule is CSc1ccc(C(=O)Nc2ccc(C)nc2C(=O)Nc2ccc(Cl)cn2)c(OCCCNC(=O)OC(C)(C)C)c1. The summed E-state index contributed by atoms with van der Waals surface area (Å²) in [4.78, 5) is 47.5. The lowest BCUT2D eigenvalue weighted by molar-refractivity contribution is 0.0525. The molecule has 0 aliphatic carbocycles. The summed E-state index contributed by atoms with van der Waals surface area (Å²) >= 11 is 7.38. The number of carbonyl (C=O) groups excluding carboxylic acids is 3. The average molecular weight is 586 g/mol. The molecule has 0 aliphatic heterocycles. The Balaban J connectivity index is 1.71. The van der Waals surface area contributed by atoms with Crippen molar-refractivity contribution in [2.45, 2.75) is 44.6 Å². The second-order valence-electron chi connectivity index (χ2n) is 9.61. The molecule has 0 saturated carbocycles. The average Bonchev–Trinajstić information content (AvgIpc) is 2.89. The second kappa shape index (κ2) is 14.0. The largest absolute Gasteiger partial charge is 0.493 e. The van der Waals surface area contributed by atoms with Crippen molar-refractivity contribution in [3.8, 4) is 5.75 Å². The second-order valence-corrected chi connectivity index (χ2v) is 10.9. The van der Waals surface area contributed by atoms with Gasteiger partial charge in [0.2, 0.25) is 0 Å². The van der Waals surface area contributed by atoms with Gasteiger partial charge in [-0.3, -0.25) is 9.59 Å². The molecule has 0 spiro atoms. The van der Waals surface area contributed by atoms with E-state index in [1.54, 1.807) is 64.1 Å². The standard InChI is InChI=1S/C28H32ClN5O5S/c1-17-7-11-21(24(32-17)26(36)34-23-12-8-18(29)16-31-23)33-25(35)20-10-9-19(40-5)15-22(20)38-14-6-13-30-27(37)39-28(2,3)4/h7-12,15-16H,6,13-14H2,1-5H3,(H,30,37)(H,33,35)(H,31,34,36). The number of hydrogen-bond donors (Lipinski definition) is 3. The summed E-state index contributed by atoms with van der Waals surface area (Å²) in [6.07, 6.45) is 3.32. The van der Waals surface area contributed by atoms with Crippen molar-refractivity contribution in [3.63, 3.8) is 0 Å². The number of halogens is 1. The van der Waals surface area contributed by atoms with Gasteiger partial charge in [-0.1, -0.05) is 11.6 Å². The fourth-order valence-corrected chi connectivity index (χ4v) is 3.88. The minimum Gasteiger partial charge on any atom is -0.493 e. The molecule has 2 aromatic heterocycles. The van der Waals surface area contributed by atoms with E-state index in [2.05, 4.69) is 25.9 Å². The number of alkyl carbamates (subject to hydrolysis) is 1. The minimum atomic E-state index is -0.582. The number of anilines is 2. The molecule has 10 nitrogen and oxygen atoms in total. The number of benzene rings is 1. The quantitative estimate of drug-likeness (QED) is 0.196. The van der Waals surface area contributed by atoms with Gasteiger partial charge in [0.1, 0.15) is 17.2 Å². The van der Waals surface area contributed by atoms with Crippen molar-refractivity contribution < 1.29 is 23.9 Å². The molecular weight excluding hydrogens is 554 g/mol. The summed E-state index contributed by atoms with van der Waals surface area (Å²) in [6.45, 7) is 7.71. The van der Waals surface area contributed by atoms with Crippen LogP contribution < -0.4 is 20.7 Å². The third-order valence-corrected chi connectivity index (χ3v) is 6.10. The number of aromatic nitrogens is 2. The number of ether oxygens (including phenoxy) is 2. The molecule has 0 saturated heterocycles. The molecule has 3 aromatic rings. The highest BCUT2D eigenvalue weighted by Crippen LogP contribution is 2.27. The van der Waals surface area contributed by atoms with Gasteiger partial charge in [0, 0.05) is 23.3 Å². The van der Waals surface area contributed by atoms with Crippen LogP contribution in [0.15, 0.2) is 53.6 Å². The Kier molecular flexibility index (Phi) is 10.7. The fourth-order valence-electron chi connectivity index (χ4n) is 3.34. The number of pyridine rings is 2. The van der Waals surface area contributed by atoms with E-state index in [1.807, 2.05) is 12.3 Å². The molecule has 40 heavy (non-hydrogen) atoms. The van der Waals surface area contributed by atoms with E-state index in [-0.39, 0.29) is 23.6 Å². The van der Waals surface area contributed by atoms with Crippen molar-refractivity contribution >= 4 is 52.8 Å². The molecule has 3 N–H and O–H groups in total. The van der Waals surface area contributed by atoms with Crippen LogP contribution in [0.4, 0.5) is 16.3 Å². The summed E-state index contributed by atoms with van der Waals surface area (Å²) in [6, 6.07) is 11.7. The Morgan fingerprint density at radius 2 is 1.80 bits per heavy atom. The molecule has 3 rings (SSSR count). The van der Waals surface area contributed by atoms with E-state index in [9.17, 15) is 14.4 Å². The summed E-state index contributed by atoms with van der Waals surface area (Å²) in [7, 11) is 0. The minimum absolute atomic E-state index is 0.0292. The lowest BCUT2D eigenvalue weighted by Crippen LogP contribution is -2.33. The van der Waals surface area contributed by atoms with E-state index < -0.39 is 23.5 Å². The van der Waals surface area contributed by atoms with Crippen LogP contribution in [0.3, 0.4) is 0 Å².